The van der Waals surface area contributed by atoms with Gasteiger partial charge in [0.05, 0.1) is 24.9 Å². The maximum atomic E-state index is 6.45. The number of piperazine rings is 1. The van der Waals surface area contributed by atoms with Gasteiger partial charge in [0.1, 0.15) is 23.5 Å². The number of methoxy groups -OCH3 is 2. The van der Waals surface area contributed by atoms with Gasteiger partial charge < -0.3 is 30.3 Å². The van der Waals surface area contributed by atoms with Gasteiger partial charge in [0, 0.05) is 37.9 Å². The van der Waals surface area contributed by atoms with E-state index in [1.165, 1.54) is 12.0 Å². The van der Waals surface area contributed by atoms with Crippen molar-refractivity contribution in [3.63, 3.8) is 0 Å². The molecule has 2 heterocycles. The molecule has 1 aliphatic heterocycles. The molecule has 162 valence electrons. The van der Waals surface area contributed by atoms with Crippen molar-refractivity contribution in [1.82, 2.24) is 9.97 Å². The summed E-state index contributed by atoms with van der Waals surface area (Å²) < 4.78 is 10.7. The Kier molecular flexibility index (Phi) is 6.18. The van der Waals surface area contributed by atoms with Crippen molar-refractivity contribution in [2.45, 2.75) is 0 Å². The van der Waals surface area contributed by atoms with Crippen LogP contribution in [0.3, 0.4) is 0 Å². The van der Waals surface area contributed by atoms with Crippen LogP contribution in [0.25, 0.3) is 0 Å². The van der Waals surface area contributed by atoms with Crippen LogP contribution < -0.4 is 30.3 Å². The molecular formula is C22H25ClN6O2. The highest BCUT2D eigenvalue weighted by molar-refractivity contribution is 6.32. The molecule has 0 radical (unpaired) electrons. The number of nitrogen functional groups attached to an aromatic ring is 1. The minimum absolute atomic E-state index is 0.454. The van der Waals surface area contributed by atoms with Gasteiger partial charge in [-0.1, -0.05) is 29.8 Å². The molecule has 0 bridgehead atoms. The molecule has 31 heavy (non-hydrogen) atoms. The lowest BCUT2D eigenvalue weighted by atomic mass is 10.2. The van der Waals surface area contributed by atoms with Gasteiger partial charge in [-0.2, -0.15) is 0 Å². The summed E-state index contributed by atoms with van der Waals surface area (Å²) in [6.07, 6.45) is 1.51. The molecule has 3 aromatic rings. The van der Waals surface area contributed by atoms with Crippen LogP contribution in [0, 0.1) is 0 Å². The third kappa shape index (κ3) is 4.39. The number of hydrogen-bond acceptors (Lipinski definition) is 8. The smallest absolute Gasteiger partial charge is 0.159 e. The summed E-state index contributed by atoms with van der Waals surface area (Å²) in [5.41, 5.74) is 8.79. The van der Waals surface area contributed by atoms with Crippen LogP contribution in [-0.4, -0.2) is 50.4 Å². The zero-order valence-corrected chi connectivity index (χ0v) is 18.3. The van der Waals surface area contributed by atoms with Gasteiger partial charge in [-0.25, -0.2) is 9.97 Å². The number of halogens is 1. The number of anilines is 5. The SMILES string of the molecule is COc1cc(OC)c(Nc2ncnc(N3CCN(c4ccccc4)CC3)c2N)cc1Cl. The summed E-state index contributed by atoms with van der Waals surface area (Å²) in [6.45, 7) is 3.40. The maximum Gasteiger partial charge on any atom is 0.159 e. The Labute approximate surface area is 186 Å². The number of aromatic nitrogens is 2. The van der Waals surface area contributed by atoms with Crippen molar-refractivity contribution in [1.29, 1.82) is 0 Å². The van der Waals surface area contributed by atoms with Crippen LogP contribution in [0.2, 0.25) is 5.02 Å². The summed E-state index contributed by atoms with van der Waals surface area (Å²) in [5.74, 6) is 2.30. The fourth-order valence-corrected chi connectivity index (χ4v) is 3.88. The second-order valence-corrected chi connectivity index (χ2v) is 7.49. The maximum absolute atomic E-state index is 6.45. The number of benzene rings is 2. The van der Waals surface area contributed by atoms with E-state index in [9.17, 15) is 0 Å². The predicted octanol–water partition coefficient (Wildman–Crippen LogP) is 3.80. The van der Waals surface area contributed by atoms with Gasteiger partial charge in [0.15, 0.2) is 11.6 Å². The third-order valence-corrected chi connectivity index (χ3v) is 5.59. The highest BCUT2D eigenvalue weighted by Crippen LogP contribution is 2.38. The summed E-state index contributed by atoms with van der Waals surface area (Å²) in [4.78, 5) is 13.3. The Morgan fingerprint density at radius 1 is 0.935 bits per heavy atom. The average Bonchev–Trinajstić information content (AvgIpc) is 2.81. The van der Waals surface area contributed by atoms with Gasteiger partial charge >= 0.3 is 0 Å². The molecule has 4 rings (SSSR count). The Morgan fingerprint density at radius 2 is 1.61 bits per heavy atom. The molecule has 1 saturated heterocycles. The van der Waals surface area contributed by atoms with Crippen LogP contribution in [0.15, 0.2) is 48.8 Å². The molecule has 2 aromatic carbocycles. The average molecular weight is 441 g/mol. The Hall–Kier alpha value is -3.39. The molecule has 0 atom stereocenters. The fourth-order valence-electron chi connectivity index (χ4n) is 3.64. The Balaban J connectivity index is 1.53. The van der Waals surface area contributed by atoms with E-state index in [1.54, 1.807) is 26.4 Å². The van der Waals surface area contributed by atoms with Gasteiger partial charge in [-0.3, -0.25) is 0 Å². The van der Waals surface area contributed by atoms with E-state index in [1.807, 2.05) is 6.07 Å². The summed E-state index contributed by atoms with van der Waals surface area (Å²) in [5, 5.41) is 3.67. The van der Waals surface area contributed by atoms with Gasteiger partial charge in [0.2, 0.25) is 0 Å². The first-order valence-electron chi connectivity index (χ1n) is 9.94. The summed E-state index contributed by atoms with van der Waals surface area (Å²) >= 11 is 6.28. The van der Waals surface area contributed by atoms with Crippen molar-refractivity contribution in [3.8, 4) is 11.5 Å². The lowest BCUT2D eigenvalue weighted by molar-refractivity contribution is 0.396. The first-order chi connectivity index (χ1) is 15.1. The van der Waals surface area contributed by atoms with E-state index in [0.29, 0.717) is 39.5 Å². The molecule has 1 aliphatic rings. The van der Waals surface area contributed by atoms with E-state index in [-0.39, 0.29) is 0 Å². The molecule has 0 unspecified atom stereocenters. The molecule has 0 saturated carbocycles. The normalized spacial score (nSPS) is 13.8. The van der Waals surface area contributed by atoms with E-state index in [4.69, 9.17) is 26.8 Å². The summed E-state index contributed by atoms with van der Waals surface area (Å²) in [7, 11) is 3.13. The van der Waals surface area contributed by atoms with Crippen LogP contribution >= 0.6 is 11.6 Å². The van der Waals surface area contributed by atoms with Crippen molar-refractivity contribution >= 4 is 40.3 Å². The van der Waals surface area contributed by atoms with E-state index in [0.717, 1.165) is 26.2 Å². The van der Waals surface area contributed by atoms with E-state index < -0.39 is 0 Å². The molecule has 0 aliphatic carbocycles. The van der Waals surface area contributed by atoms with Crippen molar-refractivity contribution in [2.75, 3.05) is 61.2 Å². The predicted molar refractivity (Wildman–Crippen MR) is 125 cm³/mol. The second kappa shape index (κ2) is 9.18. The summed E-state index contributed by atoms with van der Waals surface area (Å²) in [6, 6.07) is 13.8. The molecule has 9 heteroatoms. The first kappa shape index (κ1) is 20.9. The van der Waals surface area contributed by atoms with Gasteiger partial charge in [-0.15, -0.1) is 0 Å². The monoisotopic (exact) mass is 440 g/mol. The number of hydrogen-bond donors (Lipinski definition) is 2. The number of nitrogens with one attached hydrogen (secondary N) is 1. The van der Waals surface area contributed by atoms with Crippen molar-refractivity contribution < 1.29 is 9.47 Å². The number of nitrogens with zero attached hydrogens (tertiary/aromatic N) is 4. The number of nitrogens with two attached hydrogens (primary N) is 1. The standard InChI is InChI=1S/C22H25ClN6O2/c1-30-18-13-19(31-2)17(12-16(18)23)27-21-20(24)22(26-14-25-21)29-10-8-28(9-11-29)15-6-4-3-5-7-15/h3-7,12-14H,8-11,24H2,1-2H3,(H,25,26,27). The minimum atomic E-state index is 0.454. The van der Waals surface area contributed by atoms with Crippen LogP contribution in [-0.2, 0) is 0 Å². The zero-order valence-electron chi connectivity index (χ0n) is 17.5. The zero-order chi connectivity index (χ0) is 21.8. The topological polar surface area (TPSA) is 88.8 Å². The third-order valence-electron chi connectivity index (χ3n) is 5.29. The lowest BCUT2D eigenvalue weighted by Gasteiger charge is -2.37. The van der Waals surface area contributed by atoms with Crippen molar-refractivity contribution in [2.24, 2.45) is 0 Å². The Bertz CT molecular complexity index is 1040. The molecule has 8 nitrogen and oxygen atoms in total. The van der Waals surface area contributed by atoms with E-state index in [2.05, 4.69) is 49.4 Å². The quantitative estimate of drug-likeness (QED) is 0.598. The fraction of sp³-hybridized carbons (Fsp3) is 0.273. The Morgan fingerprint density at radius 3 is 2.29 bits per heavy atom. The molecule has 0 spiro atoms. The van der Waals surface area contributed by atoms with Gasteiger partial charge in [0.25, 0.3) is 0 Å². The number of para-hydroxylation sites is 1. The number of rotatable bonds is 6. The van der Waals surface area contributed by atoms with Crippen molar-refractivity contribution in [3.05, 3.63) is 53.8 Å². The molecular weight excluding hydrogens is 416 g/mol. The molecule has 1 aromatic heterocycles. The molecule has 0 amide bonds. The van der Waals surface area contributed by atoms with Gasteiger partial charge in [-0.05, 0) is 18.2 Å². The van der Waals surface area contributed by atoms with Crippen LogP contribution in [0.5, 0.6) is 11.5 Å². The second-order valence-electron chi connectivity index (χ2n) is 7.08. The molecule has 1 fully saturated rings. The molecule has 3 N–H and O–H groups in total. The highest BCUT2D eigenvalue weighted by atomic mass is 35.5. The largest absolute Gasteiger partial charge is 0.495 e. The number of ether oxygens (including phenoxy) is 2. The lowest BCUT2D eigenvalue weighted by Crippen LogP contribution is -2.47. The van der Waals surface area contributed by atoms with Crippen LogP contribution in [0.1, 0.15) is 0 Å². The first-order valence-corrected chi connectivity index (χ1v) is 10.3. The van der Waals surface area contributed by atoms with E-state index >= 15 is 0 Å². The van der Waals surface area contributed by atoms with Crippen LogP contribution in [0.4, 0.5) is 28.7 Å². The highest BCUT2D eigenvalue weighted by Gasteiger charge is 2.22. The minimum Gasteiger partial charge on any atom is -0.495 e.